The Kier molecular flexibility index (Phi) is 4.31. The van der Waals surface area contributed by atoms with Crippen LogP contribution in [-0.4, -0.2) is 38.9 Å². The monoisotopic (exact) mass is 312 g/mol. The van der Waals surface area contributed by atoms with Crippen LogP contribution in [0.15, 0.2) is 11.0 Å². The van der Waals surface area contributed by atoms with Crippen LogP contribution in [0.25, 0.3) is 0 Å². The van der Waals surface area contributed by atoms with Crippen LogP contribution in [-0.2, 0) is 10.0 Å². The molecule has 4 nitrogen and oxygen atoms in total. The van der Waals surface area contributed by atoms with E-state index in [0.29, 0.717) is 19.5 Å². The summed E-state index contributed by atoms with van der Waals surface area (Å²) in [5.41, 5.74) is 0. The minimum Gasteiger partial charge on any atom is -0.315 e. The fraction of sp³-hybridized carbons (Fsp3) is 0.455. The van der Waals surface area contributed by atoms with Crippen molar-refractivity contribution in [1.82, 2.24) is 9.62 Å². The number of halogens is 4. The number of hydrogen-bond donors (Lipinski definition) is 1. The summed E-state index contributed by atoms with van der Waals surface area (Å²) in [7, 11) is -4.63. The minimum atomic E-state index is -4.63. The second-order valence-corrected chi connectivity index (χ2v) is 6.18. The van der Waals surface area contributed by atoms with Gasteiger partial charge in [0.15, 0.2) is 28.2 Å². The summed E-state index contributed by atoms with van der Waals surface area (Å²) in [5, 5.41) is 2.91. The number of sulfonamides is 1. The van der Waals surface area contributed by atoms with Crippen molar-refractivity contribution >= 4 is 10.0 Å². The molecule has 1 aliphatic rings. The average molecular weight is 312 g/mol. The lowest BCUT2D eigenvalue weighted by atomic mass is 10.3. The van der Waals surface area contributed by atoms with Crippen LogP contribution < -0.4 is 5.32 Å². The normalized spacial score (nSPS) is 18.0. The molecule has 1 fully saturated rings. The smallest absolute Gasteiger partial charge is 0.249 e. The van der Waals surface area contributed by atoms with E-state index in [9.17, 15) is 26.0 Å². The highest BCUT2D eigenvalue weighted by molar-refractivity contribution is 7.89. The van der Waals surface area contributed by atoms with Gasteiger partial charge in [-0.25, -0.2) is 26.0 Å². The summed E-state index contributed by atoms with van der Waals surface area (Å²) in [6, 6.07) is -0.0202. The van der Waals surface area contributed by atoms with Crippen molar-refractivity contribution in [3.05, 3.63) is 29.3 Å². The van der Waals surface area contributed by atoms with E-state index >= 15 is 0 Å². The predicted octanol–water partition coefficient (Wildman–Crippen LogP) is 1.23. The first-order valence-electron chi connectivity index (χ1n) is 5.89. The van der Waals surface area contributed by atoms with E-state index in [4.69, 9.17) is 0 Å². The van der Waals surface area contributed by atoms with Crippen LogP contribution in [0.4, 0.5) is 17.6 Å². The maximum absolute atomic E-state index is 13.6. The molecule has 1 heterocycles. The highest BCUT2D eigenvalue weighted by atomic mass is 32.2. The molecule has 0 atom stereocenters. The van der Waals surface area contributed by atoms with Crippen LogP contribution >= 0.6 is 0 Å². The summed E-state index contributed by atoms with van der Waals surface area (Å²) >= 11 is 0. The molecule has 0 saturated carbocycles. The fourth-order valence-corrected chi connectivity index (χ4v) is 3.58. The van der Waals surface area contributed by atoms with Crippen molar-refractivity contribution < 1.29 is 26.0 Å². The maximum Gasteiger partial charge on any atom is 0.249 e. The molecule has 0 amide bonds. The van der Waals surface area contributed by atoms with E-state index in [1.54, 1.807) is 0 Å². The molecule has 0 radical (unpaired) electrons. The Hall–Kier alpha value is -1.19. The molecule has 0 spiro atoms. The Labute approximate surface area is 113 Å². The lowest BCUT2D eigenvalue weighted by Crippen LogP contribution is -2.35. The van der Waals surface area contributed by atoms with Gasteiger partial charge in [-0.1, -0.05) is 0 Å². The highest BCUT2D eigenvalue weighted by Crippen LogP contribution is 2.26. The first kappa shape index (κ1) is 15.2. The van der Waals surface area contributed by atoms with Gasteiger partial charge in [-0.3, -0.25) is 0 Å². The molecule has 20 heavy (non-hydrogen) atoms. The Morgan fingerprint density at radius 1 is 1.00 bits per heavy atom. The van der Waals surface area contributed by atoms with Crippen LogP contribution in [0, 0.1) is 23.3 Å². The number of hydrogen-bond acceptors (Lipinski definition) is 3. The predicted molar refractivity (Wildman–Crippen MR) is 62.5 cm³/mol. The van der Waals surface area contributed by atoms with Crippen LogP contribution in [0.2, 0.25) is 0 Å². The van der Waals surface area contributed by atoms with Gasteiger partial charge in [0.2, 0.25) is 10.0 Å². The third-order valence-corrected chi connectivity index (χ3v) is 4.89. The molecule has 0 aliphatic carbocycles. The summed E-state index contributed by atoms with van der Waals surface area (Å²) in [5.74, 6) is -7.28. The maximum atomic E-state index is 13.6. The van der Waals surface area contributed by atoms with Gasteiger partial charge in [0.25, 0.3) is 0 Å². The number of nitrogens with zero attached hydrogens (tertiary/aromatic N) is 1. The summed E-state index contributed by atoms with van der Waals surface area (Å²) in [6.07, 6.45) is 0.431. The largest absolute Gasteiger partial charge is 0.315 e. The van der Waals surface area contributed by atoms with E-state index in [2.05, 4.69) is 5.32 Å². The van der Waals surface area contributed by atoms with Gasteiger partial charge in [-0.05, 0) is 13.0 Å². The van der Waals surface area contributed by atoms with Gasteiger partial charge in [-0.2, -0.15) is 4.31 Å². The van der Waals surface area contributed by atoms with Crippen molar-refractivity contribution in [2.45, 2.75) is 11.3 Å². The number of benzene rings is 1. The van der Waals surface area contributed by atoms with Crippen molar-refractivity contribution in [3.63, 3.8) is 0 Å². The Morgan fingerprint density at radius 3 is 2.20 bits per heavy atom. The molecule has 0 bridgehead atoms. The van der Waals surface area contributed by atoms with E-state index in [-0.39, 0.29) is 19.2 Å². The molecule has 1 aromatic carbocycles. The Morgan fingerprint density at radius 2 is 1.60 bits per heavy atom. The topological polar surface area (TPSA) is 49.4 Å². The minimum absolute atomic E-state index is 0.0202. The SMILES string of the molecule is O=S(=O)(c1c(F)c(F)cc(F)c1F)N1CCCNCC1. The molecule has 1 saturated heterocycles. The molecule has 1 aliphatic heterocycles. The van der Waals surface area contributed by atoms with Gasteiger partial charge in [0.1, 0.15) is 0 Å². The van der Waals surface area contributed by atoms with Gasteiger partial charge in [0.05, 0.1) is 0 Å². The van der Waals surface area contributed by atoms with Crippen molar-refractivity contribution in [3.8, 4) is 0 Å². The highest BCUT2D eigenvalue weighted by Gasteiger charge is 2.34. The molecule has 1 aromatic rings. The van der Waals surface area contributed by atoms with Crippen LogP contribution in [0.3, 0.4) is 0 Å². The molecular weight excluding hydrogens is 300 g/mol. The third-order valence-electron chi connectivity index (χ3n) is 2.97. The van der Waals surface area contributed by atoms with Crippen molar-refractivity contribution in [2.24, 2.45) is 0 Å². The fourth-order valence-electron chi connectivity index (χ4n) is 1.97. The van der Waals surface area contributed by atoms with Gasteiger partial charge in [0, 0.05) is 25.7 Å². The summed E-state index contributed by atoms with van der Waals surface area (Å²) in [4.78, 5) is -1.57. The molecule has 0 aromatic heterocycles. The van der Waals surface area contributed by atoms with Crippen LogP contribution in [0.5, 0.6) is 0 Å². The number of rotatable bonds is 2. The molecule has 2 rings (SSSR count). The van der Waals surface area contributed by atoms with Gasteiger partial charge < -0.3 is 5.32 Å². The molecule has 1 N–H and O–H groups in total. The summed E-state index contributed by atoms with van der Waals surface area (Å²) in [6.45, 7) is 0.834. The van der Waals surface area contributed by atoms with Gasteiger partial charge in [-0.15, -0.1) is 0 Å². The zero-order chi connectivity index (χ0) is 14.9. The second kappa shape index (κ2) is 5.66. The van der Waals surface area contributed by atoms with E-state index < -0.39 is 38.2 Å². The Balaban J connectivity index is 2.54. The number of nitrogens with one attached hydrogen (secondary N) is 1. The molecular formula is C11H12F4N2O2S. The first-order valence-corrected chi connectivity index (χ1v) is 7.33. The zero-order valence-electron chi connectivity index (χ0n) is 10.3. The van der Waals surface area contributed by atoms with E-state index in [1.807, 2.05) is 0 Å². The van der Waals surface area contributed by atoms with Crippen molar-refractivity contribution in [1.29, 1.82) is 0 Å². The molecule has 112 valence electrons. The van der Waals surface area contributed by atoms with Crippen LogP contribution in [0.1, 0.15) is 6.42 Å². The van der Waals surface area contributed by atoms with E-state index in [1.165, 1.54) is 0 Å². The lowest BCUT2D eigenvalue weighted by Gasteiger charge is -2.20. The lowest BCUT2D eigenvalue weighted by molar-refractivity contribution is 0.393. The summed E-state index contributed by atoms with van der Waals surface area (Å²) < 4.78 is 78.6. The van der Waals surface area contributed by atoms with E-state index in [0.717, 1.165) is 4.31 Å². The second-order valence-electron chi connectivity index (χ2n) is 4.30. The quantitative estimate of drug-likeness (QED) is 0.660. The third kappa shape index (κ3) is 2.65. The first-order chi connectivity index (χ1) is 9.35. The average Bonchev–Trinajstić information content (AvgIpc) is 2.65. The van der Waals surface area contributed by atoms with Crippen molar-refractivity contribution in [2.75, 3.05) is 26.2 Å². The zero-order valence-corrected chi connectivity index (χ0v) is 11.1. The standard InChI is InChI=1S/C11H12F4N2O2S/c12-7-6-8(13)10(15)11(9(7)14)20(18,19)17-4-1-2-16-3-5-17/h6,16H,1-5H2. The molecule has 9 heteroatoms. The van der Waals surface area contributed by atoms with Gasteiger partial charge >= 0.3 is 0 Å². The molecule has 0 unspecified atom stereocenters. The Bertz CT molecular complexity index is 587.